The molecule has 5 nitrogen and oxygen atoms in total. The molecule has 1 aromatic rings. The standard InChI is InChI=1S/C13H20N4O/c1-2-7-16-11(5-6-15-16)13-10(14)8-12(18)17(13)9-3-4-9/h5-6,9-10,13H,2-4,7-8,14H2,1H3. The van der Waals surface area contributed by atoms with Gasteiger partial charge in [0, 0.05) is 31.2 Å². The second-order valence-electron chi connectivity index (χ2n) is 5.32. The molecule has 1 aliphatic carbocycles. The van der Waals surface area contributed by atoms with Crippen LogP contribution in [0.1, 0.15) is 44.3 Å². The number of carbonyl (C=O) groups excluding carboxylic acids is 1. The Bertz CT molecular complexity index is 452. The molecular formula is C13H20N4O. The number of aryl methyl sites for hydroxylation is 1. The van der Waals surface area contributed by atoms with Crippen molar-refractivity contribution in [1.29, 1.82) is 0 Å². The van der Waals surface area contributed by atoms with Gasteiger partial charge >= 0.3 is 0 Å². The molecule has 2 N–H and O–H groups in total. The van der Waals surface area contributed by atoms with Crippen LogP contribution in [0.4, 0.5) is 0 Å². The van der Waals surface area contributed by atoms with Gasteiger partial charge in [-0.3, -0.25) is 9.48 Å². The number of hydrogen-bond donors (Lipinski definition) is 1. The minimum Gasteiger partial charge on any atom is -0.329 e. The summed E-state index contributed by atoms with van der Waals surface area (Å²) in [5.41, 5.74) is 7.28. The summed E-state index contributed by atoms with van der Waals surface area (Å²) in [7, 11) is 0. The van der Waals surface area contributed by atoms with Crippen molar-refractivity contribution in [3.8, 4) is 0 Å². The first-order chi connectivity index (χ1) is 8.72. The number of amides is 1. The van der Waals surface area contributed by atoms with Crippen LogP contribution >= 0.6 is 0 Å². The van der Waals surface area contributed by atoms with Crippen LogP contribution in [0.25, 0.3) is 0 Å². The quantitative estimate of drug-likeness (QED) is 0.866. The monoisotopic (exact) mass is 248 g/mol. The Morgan fingerprint density at radius 2 is 2.28 bits per heavy atom. The van der Waals surface area contributed by atoms with Gasteiger partial charge in [-0.2, -0.15) is 5.10 Å². The van der Waals surface area contributed by atoms with E-state index in [0.717, 1.165) is 31.5 Å². The first-order valence-corrected chi connectivity index (χ1v) is 6.80. The molecule has 0 aromatic carbocycles. The van der Waals surface area contributed by atoms with Gasteiger partial charge in [0.15, 0.2) is 0 Å². The van der Waals surface area contributed by atoms with Crippen LogP contribution in [-0.2, 0) is 11.3 Å². The predicted octanol–water partition coefficient (Wildman–Crippen LogP) is 1.06. The molecule has 1 aliphatic heterocycles. The van der Waals surface area contributed by atoms with E-state index in [4.69, 9.17) is 5.73 Å². The van der Waals surface area contributed by atoms with E-state index in [1.807, 2.05) is 21.8 Å². The molecule has 3 rings (SSSR count). The lowest BCUT2D eigenvalue weighted by molar-refractivity contribution is -0.129. The lowest BCUT2D eigenvalue weighted by Crippen LogP contribution is -2.36. The Morgan fingerprint density at radius 3 is 2.94 bits per heavy atom. The maximum Gasteiger partial charge on any atom is 0.225 e. The average molecular weight is 248 g/mol. The predicted molar refractivity (Wildman–Crippen MR) is 67.7 cm³/mol. The van der Waals surface area contributed by atoms with Crippen molar-refractivity contribution in [2.75, 3.05) is 0 Å². The van der Waals surface area contributed by atoms with Crippen LogP contribution in [0.2, 0.25) is 0 Å². The van der Waals surface area contributed by atoms with Crippen molar-refractivity contribution < 1.29 is 4.79 Å². The van der Waals surface area contributed by atoms with Crippen molar-refractivity contribution in [2.24, 2.45) is 5.73 Å². The van der Waals surface area contributed by atoms with E-state index < -0.39 is 0 Å². The lowest BCUT2D eigenvalue weighted by atomic mass is 10.1. The maximum atomic E-state index is 12.1. The number of nitrogens with two attached hydrogens (primary N) is 1. The van der Waals surface area contributed by atoms with Crippen molar-refractivity contribution in [3.05, 3.63) is 18.0 Å². The van der Waals surface area contributed by atoms with Crippen LogP contribution in [0.3, 0.4) is 0 Å². The highest BCUT2D eigenvalue weighted by molar-refractivity contribution is 5.81. The molecule has 0 radical (unpaired) electrons. The summed E-state index contributed by atoms with van der Waals surface area (Å²) in [4.78, 5) is 14.1. The van der Waals surface area contributed by atoms with Gasteiger partial charge in [0.1, 0.15) is 0 Å². The third-order valence-corrected chi connectivity index (χ3v) is 3.83. The molecule has 2 unspecified atom stereocenters. The number of nitrogens with zero attached hydrogens (tertiary/aromatic N) is 3. The molecule has 1 amide bonds. The highest BCUT2D eigenvalue weighted by Gasteiger charge is 2.46. The van der Waals surface area contributed by atoms with E-state index in [0.29, 0.717) is 12.5 Å². The fourth-order valence-electron chi connectivity index (χ4n) is 2.92. The Balaban J connectivity index is 1.92. The van der Waals surface area contributed by atoms with Gasteiger partial charge in [0.25, 0.3) is 0 Å². The summed E-state index contributed by atoms with van der Waals surface area (Å²) >= 11 is 0. The van der Waals surface area contributed by atoms with Gasteiger partial charge in [-0.25, -0.2) is 0 Å². The zero-order valence-electron chi connectivity index (χ0n) is 10.7. The molecule has 0 bridgehead atoms. The molecule has 2 aliphatic rings. The minimum atomic E-state index is -0.0922. The smallest absolute Gasteiger partial charge is 0.225 e. The number of hydrogen-bond acceptors (Lipinski definition) is 3. The van der Waals surface area contributed by atoms with E-state index in [2.05, 4.69) is 12.0 Å². The minimum absolute atomic E-state index is 0.0269. The largest absolute Gasteiger partial charge is 0.329 e. The van der Waals surface area contributed by atoms with Gasteiger partial charge in [-0.15, -0.1) is 0 Å². The summed E-state index contributed by atoms with van der Waals surface area (Å²) in [6, 6.07) is 2.36. The van der Waals surface area contributed by atoms with Crippen molar-refractivity contribution in [1.82, 2.24) is 14.7 Å². The van der Waals surface area contributed by atoms with E-state index in [9.17, 15) is 4.79 Å². The van der Waals surface area contributed by atoms with Gasteiger partial charge in [0.05, 0.1) is 11.7 Å². The Labute approximate surface area is 107 Å². The molecule has 2 atom stereocenters. The molecular weight excluding hydrogens is 228 g/mol. The summed E-state index contributed by atoms with van der Waals surface area (Å²) in [6.07, 6.45) is 5.56. The molecule has 18 heavy (non-hydrogen) atoms. The maximum absolute atomic E-state index is 12.1. The SMILES string of the molecule is CCCn1nccc1C1C(N)CC(=O)N1C1CC1. The average Bonchev–Trinajstić information content (AvgIpc) is 2.99. The lowest BCUT2D eigenvalue weighted by Gasteiger charge is -2.27. The summed E-state index contributed by atoms with van der Waals surface area (Å²) < 4.78 is 2.00. The number of aromatic nitrogens is 2. The summed E-state index contributed by atoms with van der Waals surface area (Å²) in [5.74, 6) is 0.208. The first kappa shape index (κ1) is 11.7. The summed E-state index contributed by atoms with van der Waals surface area (Å²) in [5, 5.41) is 4.35. The highest BCUT2D eigenvalue weighted by Crippen LogP contribution is 2.40. The third kappa shape index (κ3) is 1.82. The third-order valence-electron chi connectivity index (χ3n) is 3.83. The first-order valence-electron chi connectivity index (χ1n) is 6.80. The second kappa shape index (κ2) is 4.39. The van der Waals surface area contributed by atoms with Gasteiger partial charge < -0.3 is 10.6 Å². The molecule has 2 fully saturated rings. The van der Waals surface area contributed by atoms with Crippen LogP contribution < -0.4 is 5.73 Å². The molecule has 1 saturated heterocycles. The highest BCUT2D eigenvalue weighted by atomic mass is 16.2. The van der Waals surface area contributed by atoms with E-state index in [-0.39, 0.29) is 18.0 Å². The van der Waals surface area contributed by atoms with Crippen LogP contribution in [0.5, 0.6) is 0 Å². The van der Waals surface area contributed by atoms with Crippen LogP contribution in [-0.4, -0.2) is 32.7 Å². The Kier molecular flexibility index (Phi) is 2.86. The van der Waals surface area contributed by atoms with Crippen molar-refractivity contribution in [2.45, 2.75) is 57.3 Å². The zero-order chi connectivity index (χ0) is 12.7. The number of carbonyl (C=O) groups is 1. The van der Waals surface area contributed by atoms with Crippen molar-refractivity contribution >= 4 is 5.91 Å². The van der Waals surface area contributed by atoms with Gasteiger partial charge in [-0.1, -0.05) is 6.92 Å². The molecule has 1 aromatic heterocycles. The van der Waals surface area contributed by atoms with E-state index in [1.165, 1.54) is 0 Å². The van der Waals surface area contributed by atoms with Crippen LogP contribution in [0.15, 0.2) is 12.3 Å². The number of likely N-dealkylation sites (tertiary alicyclic amines) is 1. The zero-order valence-corrected chi connectivity index (χ0v) is 10.7. The van der Waals surface area contributed by atoms with Gasteiger partial charge in [-0.05, 0) is 25.3 Å². The Morgan fingerprint density at radius 1 is 1.50 bits per heavy atom. The van der Waals surface area contributed by atoms with E-state index in [1.54, 1.807) is 0 Å². The topological polar surface area (TPSA) is 64.2 Å². The molecule has 98 valence electrons. The second-order valence-corrected chi connectivity index (χ2v) is 5.32. The van der Waals surface area contributed by atoms with E-state index >= 15 is 0 Å². The molecule has 5 heteroatoms. The number of rotatable bonds is 4. The molecule has 2 heterocycles. The van der Waals surface area contributed by atoms with Crippen LogP contribution in [0, 0.1) is 0 Å². The summed E-state index contributed by atoms with van der Waals surface area (Å²) in [6.45, 7) is 3.02. The normalized spacial score (nSPS) is 28.1. The fraction of sp³-hybridized carbons (Fsp3) is 0.692. The molecule has 1 saturated carbocycles. The van der Waals surface area contributed by atoms with Gasteiger partial charge in [0.2, 0.25) is 5.91 Å². The fourth-order valence-corrected chi connectivity index (χ4v) is 2.92. The molecule has 0 spiro atoms. The Hall–Kier alpha value is -1.36. The van der Waals surface area contributed by atoms with Crippen molar-refractivity contribution in [3.63, 3.8) is 0 Å².